The van der Waals surface area contributed by atoms with E-state index in [1.807, 2.05) is 36.4 Å². The number of nitrogens with zero attached hydrogens (tertiary/aromatic N) is 3. The van der Waals surface area contributed by atoms with E-state index in [-0.39, 0.29) is 0 Å². The molecule has 0 spiro atoms. The summed E-state index contributed by atoms with van der Waals surface area (Å²) in [6.07, 6.45) is 1.74. The van der Waals surface area contributed by atoms with E-state index >= 15 is 0 Å². The number of benzene rings is 1. The second-order valence-corrected chi connectivity index (χ2v) is 6.13. The van der Waals surface area contributed by atoms with Crippen LogP contribution in [0.3, 0.4) is 0 Å². The molecule has 8 heteroatoms. The van der Waals surface area contributed by atoms with Crippen LogP contribution in [0, 0.1) is 0 Å². The van der Waals surface area contributed by atoms with Gasteiger partial charge in [0.2, 0.25) is 0 Å². The van der Waals surface area contributed by atoms with E-state index < -0.39 is 0 Å². The molecule has 4 aromatic rings. The molecule has 0 aliphatic rings. The van der Waals surface area contributed by atoms with Crippen LogP contribution in [0.1, 0.15) is 0 Å². The van der Waals surface area contributed by atoms with Crippen LogP contribution in [0.5, 0.6) is 0 Å². The first-order valence-electron chi connectivity index (χ1n) is 8.14. The summed E-state index contributed by atoms with van der Waals surface area (Å²) >= 11 is 6.18. The third-order valence-electron chi connectivity index (χ3n) is 3.98. The molecule has 0 atom stereocenters. The number of anilines is 3. The lowest BCUT2D eigenvalue weighted by molar-refractivity contribution is 0.210. The number of rotatable bonds is 6. The molecule has 3 N–H and O–H groups in total. The summed E-state index contributed by atoms with van der Waals surface area (Å²) in [6.45, 7) is 1.25. The SMILES string of the molecule is COCCNc1nc(Cl)cc2cc(Nc3n[nH]c4cccnc34)ccc12. The lowest BCUT2D eigenvalue weighted by Crippen LogP contribution is -2.09. The van der Waals surface area contributed by atoms with Gasteiger partial charge in [0.25, 0.3) is 0 Å². The summed E-state index contributed by atoms with van der Waals surface area (Å²) in [6, 6.07) is 11.6. The highest BCUT2D eigenvalue weighted by Gasteiger charge is 2.09. The van der Waals surface area contributed by atoms with Crippen LogP contribution in [0.2, 0.25) is 5.15 Å². The average Bonchev–Trinajstić information content (AvgIpc) is 3.04. The minimum absolute atomic E-state index is 0.432. The Morgan fingerprint density at radius 2 is 2.12 bits per heavy atom. The maximum absolute atomic E-state index is 6.18. The zero-order valence-corrected chi connectivity index (χ0v) is 14.8. The quantitative estimate of drug-likeness (QED) is 0.352. The molecule has 3 aromatic heterocycles. The molecule has 0 saturated carbocycles. The largest absolute Gasteiger partial charge is 0.383 e. The number of H-pyrrole nitrogens is 1. The number of methoxy groups -OCH3 is 1. The summed E-state index contributed by atoms with van der Waals surface area (Å²) in [4.78, 5) is 8.73. The van der Waals surface area contributed by atoms with Crippen molar-refractivity contribution in [2.45, 2.75) is 0 Å². The van der Waals surface area contributed by atoms with E-state index in [0.29, 0.717) is 24.1 Å². The molecule has 0 radical (unpaired) electrons. The zero-order chi connectivity index (χ0) is 17.9. The van der Waals surface area contributed by atoms with Crippen molar-refractivity contribution in [2.24, 2.45) is 0 Å². The Kier molecular flexibility index (Phi) is 4.55. The minimum Gasteiger partial charge on any atom is -0.383 e. The van der Waals surface area contributed by atoms with Gasteiger partial charge in [-0.1, -0.05) is 11.6 Å². The van der Waals surface area contributed by atoms with Gasteiger partial charge in [0, 0.05) is 30.9 Å². The Bertz CT molecular complexity index is 1060. The van der Waals surface area contributed by atoms with Gasteiger partial charge >= 0.3 is 0 Å². The summed E-state index contributed by atoms with van der Waals surface area (Å²) in [5.74, 6) is 1.42. The Labute approximate surface area is 154 Å². The average molecular weight is 369 g/mol. The number of aromatic nitrogens is 4. The van der Waals surface area contributed by atoms with Crippen molar-refractivity contribution in [3.8, 4) is 0 Å². The number of nitrogens with one attached hydrogen (secondary N) is 3. The molecule has 7 nitrogen and oxygen atoms in total. The molecule has 0 aliphatic carbocycles. The fraction of sp³-hybridized carbons (Fsp3) is 0.167. The van der Waals surface area contributed by atoms with Gasteiger partial charge < -0.3 is 15.4 Å². The third kappa shape index (κ3) is 3.26. The number of aromatic amines is 1. The topological polar surface area (TPSA) is 87.8 Å². The second kappa shape index (κ2) is 7.15. The van der Waals surface area contributed by atoms with E-state index in [2.05, 4.69) is 30.8 Å². The molecule has 26 heavy (non-hydrogen) atoms. The lowest BCUT2D eigenvalue weighted by atomic mass is 10.1. The first-order chi connectivity index (χ1) is 12.7. The van der Waals surface area contributed by atoms with Crippen LogP contribution < -0.4 is 10.6 Å². The first-order valence-corrected chi connectivity index (χ1v) is 8.51. The van der Waals surface area contributed by atoms with Crippen LogP contribution in [0.4, 0.5) is 17.3 Å². The highest BCUT2D eigenvalue weighted by Crippen LogP contribution is 2.29. The highest BCUT2D eigenvalue weighted by atomic mass is 35.5. The Hall–Kier alpha value is -2.90. The molecule has 0 unspecified atom stereocenters. The number of halogens is 1. The van der Waals surface area contributed by atoms with E-state index in [4.69, 9.17) is 16.3 Å². The van der Waals surface area contributed by atoms with Gasteiger partial charge in [0.15, 0.2) is 5.82 Å². The molecular formula is C18H17ClN6O. The van der Waals surface area contributed by atoms with Crippen molar-refractivity contribution in [3.63, 3.8) is 0 Å². The lowest BCUT2D eigenvalue weighted by Gasteiger charge is -2.11. The van der Waals surface area contributed by atoms with Crippen LogP contribution in [-0.4, -0.2) is 40.4 Å². The molecule has 0 fully saturated rings. The van der Waals surface area contributed by atoms with Gasteiger partial charge in [-0.3, -0.25) is 10.1 Å². The molecule has 0 amide bonds. The summed E-state index contributed by atoms with van der Waals surface area (Å²) in [5.41, 5.74) is 2.57. The Balaban J connectivity index is 1.67. The van der Waals surface area contributed by atoms with Crippen molar-refractivity contribution in [2.75, 3.05) is 30.9 Å². The molecule has 1 aromatic carbocycles. The van der Waals surface area contributed by atoms with Gasteiger partial charge in [0.05, 0.1) is 12.1 Å². The maximum atomic E-state index is 6.18. The van der Waals surface area contributed by atoms with Crippen LogP contribution in [0.25, 0.3) is 21.8 Å². The van der Waals surface area contributed by atoms with Crippen LogP contribution in [-0.2, 0) is 4.74 Å². The fourth-order valence-corrected chi connectivity index (χ4v) is 2.99. The fourth-order valence-electron chi connectivity index (χ4n) is 2.79. The first kappa shape index (κ1) is 16.6. The van der Waals surface area contributed by atoms with E-state index in [1.165, 1.54) is 0 Å². The molecule has 3 heterocycles. The number of fused-ring (bicyclic) bond motifs is 2. The third-order valence-corrected chi connectivity index (χ3v) is 4.18. The smallest absolute Gasteiger partial charge is 0.178 e. The van der Waals surface area contributed by atoms with Crippen molar-refractivity contribution < 1.29 is 4.74 Å². The van der Waals surface area contributed by atoms with Gasteiger partial charge in [-0.25, -0.2) is 4.98 Å². The van der Waals surface area contributed by atoms with Gasteiger partial charge in [0.1, 0.15) is 16.5 Å². The highest BCUT2D eigenvalue weighted by molar-refractivity contribution is 6.30. The predicted octanol–water partition coefficient (Wildman–Crippen LogP) is 3.96. The molecule has 0 saturated heterocycles. The van der Waals surface area contributed by atoms with Gasteiger partial charge in [-0.2, -0.15) is 5.10 Å². The van der Waals surface area contributed by atoms with Crippen LogP contribution >= 0.6 is 11.6 Å². The van der Waals surface area contributed by atoms with E-state index in [9.17, 15) is 0 Å². The molecule has 0 aliphatic heterocycles. The second-order valence-electron chi connectivity index (χ2n) is 5.75. The Morgan fingerprint density at radius 3 is 3.00 bits per heavy atom. The van der Waals surface area contributed by atoms with Crippen LogP contribution in [0.15, 0.2) is 42.6 Å². The molecule has 4 rings (SSSR count). The molecule has 132 valence electrons. The maximum Gasteiger partial charge on any atom is 0.178 e. The molecule has 0 bridgehead atoms. The summed E-state index contributed by atoms with van der Waals surface area (Å²) in [5, 5.41) is 16.2. The van der Waals surface area contributed by atoms with Crippen molar-refractivity contribution >= 4 is 50.7 Å². The summed E-state index contributed by atoms with van der Waals surface area (Å²) in [7, 11) is 1.66. The number of hydrogen-bond acceptors (Lipinski definition) is 6. The number of pyridine rings is 2. The van der Waals surface area contributed by atoms with Crippen molar-refractivity contribution in [1.82, 2.24) is 20.2 Å². The van der Waals surface area contributed by atoms with Gasteiger partial charge in [-0.05, 0) is 41.8 Å². The normalized spacial score (nSPS) is 11.2. The number of hydrogen-bond donors (Lipinski definition) is 3. The predicted molar refractivity (Wildman–Crippen MR) is 104 cm³/mol. The van der Waals surface area contributed by atoms with Crippen molar-refractivity contribution in [1.29, 1.82) is 0 Å². The number of ether oxygens (including phenoxy) is 1. The van der Waals surface area contributed by atoms with E-state index in [1.54, 1.807) is 13.3 Å². The zero-order valence-electron chi connectivity index (χ0n) is 14.1. The van der Waals surface area contributed by atoms with Crippen molar-refractivity contribution in [3.05, 3.63) is 47.7 Å². The van der Waals surface area contributed by atoms with E-state index in [0.717, 1.165) is 33.3 Å². The standard InChI is InChI=1S/C18H17ClN6O/c1-26-8-7-21-17-13-5-4-12(9-11(13)10-15(19)23-17)22-18-16-14(24-25-18)3-2-6-20-16/h2-6,9-10H,7-8H2,1H3,(H,21,23)(H2,22,24,25). The summed E-state index contributed by atoms with van der Waals surface area (Å²) < 4.78 is 5.07. The van der Waals surface area contributed by atoms with Gasteiger partial charge in [-0.15, -0.1) is 0 Å². The molecular weight excluding hydrogens is 352 g/mol. The monoisotopic (exact) mass is 368 g/mol. The Morgan fingerprint density at radius 1 is 1.19 bits per heavy atom. The minimum atomic E-state index is 0.432.